The maximum absolute atomic E-state index is 15.0. The van der Waals surface area contributed by atoms with Crippen molar-refractivity contribution in [3.8, 4) is 11.1 Å². The molecule has 1 amide bonds. The predicted octanol–water partition coefficient (Wildman–Crippen LogP) is 5.99. The van der Waals surface area contributed by atoms with Crippen molar-refractivity contribution in [2.75, 3.05) is 36.8 Å². The molecule has 8 heteroatoms. The Kier molecular flexibility index (Phi) is 6.13. The largest absolute Gasteiger partial charge is 0.370 e. The molecule has 1 atom stereocenters. The van der Waals surface area contributed by atoms with Gasteiger partial charge in [0, 0.05) is 35.0 Å². The van der Waals surface area contributed by atoms with E-state index in [1.165, 1.54) is 18.9 Å². The normalized spacial score (nSPS) is 20.2. The summed E-state index contributed by atoms with van der Waals surface area (Å²) in [6, 6.07) is 10.2. The van der Waals surface area contributed by atoms with Gasteiger partial charge in [0.05, 0.1) is 16.2 Å². The van der Waals surface area contributed by atoms with E-state index >= 15 is 0 Å². The van der Waals surface area contributed by atoms with Gasteiger partial charge in [-0.2, -0.15) is 0 Å². The number of nitrogens with zero attached hydrogens (tertiary/aromatic N) is 1. The molecule has 0 saturated carbocycles. The van der Waals surface area contributed by atoms with Gasteiger partial charge in [-0.05, 0) is 75.2 Å². The SMILES string of the molecule is Cc1c(C=C2C(=O)Nc3cccc(-c4cccc(Cl)c4F)c32)[nH]c2c1C(=O)C(CCN1CCCC1)CN2. The van der Waals surface area contributed by atoms with Crippen LogP contribution >= 0.6 is 11.6 Å². The molecule has 6 rings (SSSR count). The summed E-state index contributed by atoms with van der Waals surface area (Å²) >= 11 is 6.05. The first-order chi connectivity index (χ1) is 17.9. The van der Waals surface area contributed by atoms with Gasteiger partial charge in [-0.3, -0.25) is 9.59 Å². The van der Waals surface area contributed by atoms with Gasteiger partial charge in [0.15, 0.2) is 5.78 Å². The van der Waals surface area contributed by atoms with E-state index in [1.54, 1.807) is 36.4 Å². The van der Waals surface area contributed by atoms with Crippen molar-refractivity contribution in [2.45, 2.75) is 26.2 Å². The summed E-state index contributed by atoms with van der Waals surface area (Å²) in [7, 11) is 0. The number of fused-ring (bicyclic) bond motifs is 2. The third kappa shape index (κ3) is 4.16. The minimum absolute atomic E-state index is 0.0228. The van der Waals surface area contributed by atoms with Gasteiger partial charge < -0.3 is 20.5 Å². The summed E-state index contributed by atoms with van der Waals surface area (Å²) in [5.74, 6) is -0.0444. The summed E-state index contributed by atoms with van der Waals surface area (Å²) in [4.78, 5) is 32.2. The monoisotopic (exact) mass is 518 g/mol. The summed E-state index contributed by atoms with van der Waals surface area (Å²) in [5.41, 5.74) is 4.69. The Bertz CT molecular complexity index is 1450. The predicted molar refractivity (Wildman–Crippen MR) is 145 cm³/mol. The number of halogens is 2. The summed E-state index contributed by atoms with van der Waals surface area (Å²) in [6.45, 7) is 5.67. The fourth-order valence-electron chi connectivity index (χ4n) is 5.77. The molecule has 2 aromatic carbocycles. The van der Waals surface area contributed by atoms with E-state index in [9.17, 15) is 14.0 Å². The zero-order chi connectivity index (χ0) is 25.7. The van der Waals surface area contributed by atoms with Crippen LogP contribution in [-0.2, 0) is 4.79 Å². The number of hydrogen-bond donors (Lipinski definition) is 3. The molecular formula is C29H28ClFN4O2. The van der Waals surface area contributed by atoms with Crippen LogP contribution in [0.4, 0.5) is 15.9 Å². The average molecular weight is 519 g/mol. The first kappa shape index (κ1) is 23.9. The lowest BCUT2D eigenvalue weighted by atomic mass is 9.89. The second-order valence-corrected chi connectivity index (χ2v) is 10.4. The Labute approximate surface area is 219 Å². The molecule has 0 radical (unpaired) electrons. The van der Waals surface area contributed by atoms with E-state index in [1.807, 2.05) is 6.92 Å². The molecule has 0 spiro atoms. The van der Waals surface area contributed by atoms with Gasteiger partial charge in [-0.15, -0.1) is 0 Å². The zero-order valence-corrected chi connectivity index (χ0v) is 21.3. The molecule has 3 N–H and O–H groups in total. The van der Waals surface area contributed by atoms with Crippen LogP contribution in [0, 0.1) is 18.7 Å². The molecule has 1 saturated heterocycles. The number of rotatable bonds is 5. The van der Waals surface area contributed by atoms with Crippen molar-refractivity contribution < 1.29 is 14.0 Å². The lowest BCUT2D eigenvalue weighted by Gasteiger charge is -2.25. The number of nitrogens with one attached hydrogen (secondary N) is 3. The number of Topliss-reactive ketones (excluding diaryl/α,β-unsaturated/α-hetero) is 1. The van der Waals surface area contributed by atoms with Crippen LogP contribution in [0.2, 0.25) is 5.02 Å². The fourth-order valence-corrected chi connectivity index (χ4v) is 5.94. The maximum atomic E-state index is 15.0. The van der Waals surface area contributed by atoms with Gasteiger partial charge in [0.1, 0.15) is 11.6 Å². The molecule has 37 heavy (non-hydrogen) atoms. The van der Waals surface area contributed by atoms with E-state index < -0.39 is 5.82 Å². The molecule has 190 valence electrons. The second-order valence-electron chi connectivity index (χ2n) is 10.0. The minimum atomic E-state index is -0.530. The molecular weight excluding hydrogens is 491 g/mol. The van der Waals surface area contributed by atoms with E-state index in [-0.39, 0.29) is 22.6 Å². The van der Waals surface area contributed by atoms with E-state index in [2.05, 4.69) is 20.5 Å². The Morgan fingerprint density at radius 2 is 1.84 bits per heavy atom. The van der Waals surface area contributed by atoms with Crippen LogP contribution in [-0.4, -0.2) is 47.8 Å². The molecule has 6 nitrogen and oxygen atoms in total. The molecule has 0 bridgehead atoms. The van der Waals surface area contributed by atoms with E-state index in [4.69, 9.17) is 11.6 Å². The van der Waals surface area contributed by atoms with Crippen molar-refractivity contribution in [2.24, 2.45) is 5.92 Å². The standard InChI is InChI=1S/C29H28ClFN4O2/c1-16-23(33-28-24(16)27(36)17(15-32-28)10-13-35-11-2-3-12-35)14-20-25-18(6-5-9-22(25)34-29(20)37)19-7-4-8-21(30)26(19)31/h4-9,14,17,32-33H,2-3,10-13,15H2,1H3,(H,34,37). The first-order valence-electron chi connectivity index (χ1n) is 12.8. The van der Waals surface area contributed by atoms with Crippen LogP contribution in [0.5, 0.6) is 0 Å². The van der Waals surface area contributed by atoms with Gasteiger partial charge >= 0.3 is 0 Å². The molecule has 1 unspecified atom stereocenters. The molecule has 4 heterocycles. The third-order valence-electron chi connectivity index (χ3n) is 7.78. The fraction of sp³-hybridized carbons (Fsp3) is 0.310. The van der Waals surface area contributed by atoms with Crippen molar-refractivity contribution in [1.29, 1.82) is 0 Å². The van der Waals surface area contributed by atoms with Gasteiger partial charge in [0.2, 0.25) is 0 Å². The van der Waals surface area contributed by atoms with Gasteiger partial charge in [-0.25, -0.2) is 4.39 Å². The topological polar surface area (TPSA) is 77.2 Å². The maximum Gasteiger partial charge on any atom is 0.256 e. The Balaban J connectivity index is 1.35. The first-order valence-corrected chi connectivity index (χ1v) is 13.1. The summed E-state index contributed by atoms with van der Waals surface area (Å²) in [6.07, 6.45) is 5.06. The number of aromatic amines is 1. The Morgan fingerprint density at radius 3 is 2.65 bits per heavy atom. The number of carbonyl (C=O) groups is 2. The number of likely N-dealkylation sites (tertiary alicyclic amines) is 1. The van der Waals surface area contributed by atoms with Crippen LogP contribution < -0.4 is 10.6 Å². The third-order valence-corrected chi connectivity index (χ3v) is 8.07. The number of aromatic nitrogens is 1. The quantitative estimate of drug-likeness (QED) is 0.363. The molecule has 3 aromatic rings. The van der Waals surface area contributed by atoms with Gasteiger partial charge in [-0.1, -0.05) is 35.9 Å². The molecule has 3 aliphatic heterocycles. The van der Waals surface area contributed by atoms with Crippen molar-refractivity contribution >= 4 is 46.4 Å². The van der Waals surface area contributed by atoms with Crippen LogP contribution in [0.3, 0.4) is 0 Å². The minimum Gasteiger partial charge on any atom is -0.370 e. The number of amides is 1. The van der Waals surface area contributed by atoms with Crippen molar-refractivity contribution in [1.82, 2.24) is 9.88 Å². The number of H-pyrrole nitrogens is 1. The zero-order valence-electron chi connectivity index (χ0n) is 20.6. The molecule has 1 fully saturated rings. The van der Waals surface area contributed by atoms with Crippen LogP contribution in [0.25, 0.3) is 22.8 Å². The highest BCUT2D eigenvalue weighted by Gasteiger charge is 2.33. The van der Waals surface area contributed by atoms with Crippen LogP contribution in [0.1, 0.15) is 46.4 Å². The Morgan fingerprint density at radius 1 is 1.08 bits per heavy atom. The lowest BCUT2D eigenvalue weighted by Crippen LogP contribution is -2.33. The smallest absolute Gasteiger partial charge is 0.256 e. The number of anilines is 2. The molecule has 0 aliphatic carbocycles. The summed E-state index contributed by atoms with van der Waals surface area (Å²) < 4.78 is 15.0. The molecule has 1 aromatic heterocycles. The van der Waals surface area contributed by atoms with Crippen molar-refractivity contribution in [3.05, 3.63) is 69.6 Å². The number of benzene rings is 2. The highest BCUT2D eigenvalue weighted by atomic mass is 35.5. The number of ketones is 1. The highest BCUT2D eigenvalue weighted by molar-refractivity contribution is 6.36. The summed E-state index contributed by atoms with van der Waals surface area (Å²) in [5, 5.41) is 6.31. The molecule has 3 aliphatic rings. The van der Waals surface area contributed by atoms with Crippen molar-refractivity contribution in [3.63, 3.8) is 0 Å². The van der Waals surface area contributed by atoms with E-state index in [0.717, 1.165) is 31.6 Å². The number of carbonyl (C=O) groups excluding carboxylic acids is 2. The lowest BCUT2D eigenvalue weighted by molar-refractivity contribution is -0.110. The second kappa shape index (κ2) is 9.47. The number of hydrogen-bond acceptors (Lipinski definition) is 4. The van der Waals surface area contributed by atoms with Crippen LogP contribution in [0.15, 0.2) is 36.4 Å². The highest BCUT2D eigenvalue weighted by Crippen LogP contribution is 2.42. The Hall–Kier alpha value is -3.42. The van der Waals surface area contributed by atoms with E-state index in [0.29, 0.717) is 51.6 Å². The average Bonchev–Trinajstić information content (AvgIpc) is 3.59. The van der Waals surface area contributed by atoms with Gasteiger partial charge in [0.25, 0.3) is 5.91 Å².